The van der Waals surface area contributed by atoms with Crippen LogP contribution in [-0.2, 0) is 6.42 Å². The van der Waals surface area contributed by atoms with Crippen molar-refractivity contribution in [2.75, 3.05) is 26.2 Å². The van der Waals surface area contributed by atoms with E-state index in [0.29, 0.717) is 19.0 Å². The van der Waals surface area contributed by atoms with Gasteiger partial charge >= 0.3 is 0 Å². The zero-order chi connectivity index (χ0) is 18.8. The van der Waals surface area contributed by atoms with Crippen molar-refractivity contribution in [3.8, 4) is 5.75 Å². The van der Waals surface area contributed by atoms with Gasteiger partial charge in [-0.05, 0) is 44.0 Å². The number of hydrogen-bond acceptors (Lipinski definition) is 3. The highest BCUT2D eigenvalue weighted by atomic mass is 19.1. The summed E-state index contributed by atoms with van der Waals surface area (Å²) in [5, 5.41) is 6.26. The molecule has 1 aromatic heterocycles. The quantitative estimate of drug-likeness (QED) is 0.431. The molecule has 1 heterocycles. The van der Waals surface area contributed by atoms with Crippen LogP contribution in [0.3, 0.4) is 0 Å². The van der Waals surface area contributed by atoms with Gasteiger partial charge in [0.15, 0.2) is 17.5 Å². The van der Waals surface area contributed by atoms with Crippen LogP contribution in [-0.4, -0.2) is 37.2 Å². The first-order valence-electron chi connectivity index (χ1n) is 8.60. The van der Waals surface area contributed by atoms with Crippen LogP contribution in [0.25, 0.3) is 0 Å². The molecule has 0 fully saturated rings. The SMILES string of the molecule is CCNC(=NCCc1ccc(C)nc1)NCCOc1ccc(F)cc1F. The van der Waals surface area contributed by atoms with Crippen LogP contribution in [0.15, 0.2) is 41.5 Å². The van der Waals surface area contributed by atoms with Gasteiger partial charge in [0.2, 0.25) is 0 Å². The average Bonchev–Trinajstić information content (AvgIpc) is 2.62. The number of ether oxygens (including phenoxy) is 1. The maximum atomic E-state index is 13.5. The summed E-state index contributed by atoms with van der Waals surface area (Å²) in [6.07, 6.45) is 2.65. The summed E-state index contributed by atoms with van der Waals surface area (Å²) < 4.78 is 31.6. The molecular formula is C19H24F2N4O. The highest BCUT2D eigenvalue weighted by Gasteiger charge is 2.04. The fraction of sp³-hybridized carbons (Fsp3) is 0.368. The number of aliphatic imine (C=N–C) groups is 1. The molecule has 0 atom stereocenters. The zero-order valence-electron chi connectivity index (χ0n) is 15.1. The first-order chi connectivity index (χ1) is 12.6. The van der Waals surface area contributed by atoms with Gasteiger partial charge in [0.1, 0.15) is 12.4 Å². The van der Waals surface area contributed by atoms with Gasteiger partial charge in [-0.25, -0.2) is 8.78 Å². The summed E-state index contributed by atoms with van der Waals surface area (Å²) >= 11 is 0. The van der Waals surface area contributed by atoms with Gasteiger partial charge < -0.3 is 15.4 Å². The predicted octanol–water partition coefficient (Wildman–Crippen LogP) is 2.84. The standard InChI is InChI=1S/C19H24F2N4O/c1-3-22-19(23-9-8-15-5-4-14(2)25-13-15)24-10-11-26-18-7-6-16(20)12-17(18)21/h4-7,12-13H,3,8-11H2,1-2H3,(H2,22,23,24). The number of rotatable bonds is 8. The van der Waals surface area contributed by atoms with Gasteiger partial charge in [0.05, 0.1) is 6.54 Å². The van der Waals surface area contributed by atoms with E-state index >= 15 is 0 Å². The lowest BCUT2D eigenvalue weighted by atomic mass is 10.2. The van der Waals surface area contributed by atoms with Gasteiger partial charge in [0.25, 0.3) is 0 Å². The summed E-state index contributed by atoms with van der Waals surface area (Å²) in [5.41, 5.74) is 2.12. The van der Waals surface area contributed by atoms with Crippen LogP contribution >= 0.6 is 0 Å². The Balaban J connectivity index is 1.76. The Morgan fingerprint density at radius 2 is 2.04 bits per heavy atom. The minimum atomic E-state index is -0.711. The van der Waals surface area contributed by atoms with Crippen molar-refractivity contribution in [3.05, 3.63) is 59.4 Å². The van der Waals surface area contributed by atoms with Crippen LogP contribution in [0.1, 0.15) is 18.2 Å². The van der Waals surface area contributed by atoms with E-state index in [9.17, 15) is 8.78 Å². The molecule has 0 spiro atoms. The number of benzene rings is 1. The van der Waals surface area contributed by atoms with E-state index in [-0.39, 0.29) is 12.4 Å². The van der Waals surface area contributed by atoms with Crippen molar-refractivity contribution in [1.82, 2.24) is 15.6 Å². The van der Waals surface area contributed by atoms with Crippen LogP contribution in [0, 0.1) is 18.6 Å². The Hall–Kier alpha value is -2.70. The van der Waals surface area contributed by atoms with E-state index < -0.39 is 11.6 Å². The monoisotopic (exact) mass is 362 g/mol. The van der Waals surface area contributed by atoms with Crippen LogP contribution < -0.4 is 15.4 Å². The topological polar surface area (TPSA) is 58.5 Å². The third kappa shape index (κ3) is 6.66. The third-order valence-corrected chi connectivity index (χ3v) is 3.53. The molecule has 0 amide bonds. The van der Waals surface area contributed by atoms with E-state index in [1.165, 1.54) is 6.07 Å². The Morgan fingerprint density at radius 1 is 1.19 bits per heavy atom. The van der Waals surface area contributed by atoms with Gasteiger partial charge in [-0.3, -0.25) is 9.98 Å². The number of halogens is 2. The smallest absolute Gasteiger partial charge is 0.191 e. The van der Waals surface area contributed by atoms with E-state index in [1.807, 2.05) is 32.2 Å². The summed E-state index contributed by atoms with van der Waals surface area (Å²) in [6.45, 7) is 5.95. The molecule has 5 nitrogen and oxygen atoms in total. The summed E-state index contributed by atoms with van der Waals surface area (Å²) in [7, 11) is 0. The van der Waals surface area contributed by atoms with Crippen molar-refractivity contribution in [3.63, 3.8) is 0 Å². The van der Waals surface area contributed by atoms with Crippen molar-refractivity contribution < 1.29 is 13.5 Å². The van der Waals surface area contributed by atoms with Crippen LogP contribution in [0.5, 0.6) is 5.75 Å². The number of guanidine groups is 1. The average molecular weight is 362 g/mol. The molecule has 0 aliphatic rings. The van der Waals surface area contributed by atoms with E-state index in [4.69, 9.17) is 4.74 Å². The first kappa shape index (κ1) is 19.6. The van der Waals surface area contributed by atoms with Crippen molar-refractivity contribution in [2.24, 2.45) is 4.99 Å². The molecule has 7 heteroatoms. The molecule has 2 aromatic rings. The van der Waals surface area contributed by atoms with Crippen molar-refractivity contribution >= 4 is 5.96 Å². The molecule has 0 aliphatic carbocycles. The highest BCUT2D eigenvalue weighted by Crippen LogP contribution is 2.17. The highest BCUT2D eigenvalue weighted by molar-refractivity contribution is 5.79. The Bertz CT molecular complexity index is 720. The van der Waals surface area contributed by atoms with Crippen molar-refractivity contribution in [1.29, 1.82) is 0 Å². The van der Waals surface area contributed by atoms with Gasteiger partial charge in [-0.1, -0.05) is 6.07 Å². The lowest BCUT2D eigenvalue weighted by Crippen LogP contribution is -2.39. The Morgan fingerprint density at radius 3 is 2.73 bits per heavy atom. The molecule has 0 radical (unpaired) electrons. The molecule has 0 unspecified atom stereocenters. The number of nitrogens with one attached hydrogen (secondary N) is 2. The van der Waals surface area contributed by atoms with Gasteiger partial charge in [-0.2, -0.15) is 0 Å². The number of aryl methyl sites for hydroxylation is 1. The van der Waals surface area contributed by atoms with E-state index in [2.05, 4.69) is 20.6 Å². The molecule has 0 saturated carbocycles. The minimum Gasteiger partial charge on any atom is -0.489 e. The molecule has 1 aromatic carbocycles. The predicted molar refractivity (Wildman–Crippen MR) is 98.5 cm³/mol. The van der Waals surface area contributed by atoms with Gasteiger partial charge in [-0.15, -0.1) is 0 Å². The summed E-state index contributed by atoms with van der Waals surface area (Å²) in [4.78, 5) is 8.76. The van der Waals surface area contributed by atoms with E-state index in [1.54, 1.807) is 0 Å². The second-order valence-electron chi connectivity index (χ2n) is 5.67. The number of nitrogens with zero attached hydrogens (tertiary/aromatic N) is 2. The summed E-state index contributed by atoms with van der Waals surface area (Å²) in [5.74, 6) is -0.645. The molecule has 140 valence electrons. The fourth-order valence-corrected chi connectivity index (χ4v) is 2.21. The van der Waals surface area contributed by atoms with Gasteiger partial charge in [0, 0.05) is 31.0 Å². The van der Waals surface area contributed by atoms with Crippen LogP contribution in [0.2, 0.25) is 0 Å². The fourth-order valence-electron chi connectivity index (χ4n) is 2.21. The van der Waals surface area contributed by atoms with E-state index in [0.717, 1.165) is 36.4 Å². The molecular weight excluding hydrogens is 338 g/mol. The summed E-state index contributed by atoms with van der Waals surface area (Å²) in [6, 6.07) is 7.27. The number of hydrogen-bond donors (Lipinski definition) is 2. The second kappa shape index (κ2) is 10.3. The number of aromatic nitrogens is 1. The first-order valence-corrected chi connectivity index (χ1v) is 8.60. The molecule has 26 heavy (non-hydrogen) atoms. The molecule has 2 N–H and O–H groups in total. The maximum Gasteiger partial charge on any atom is 0.191 e. The molecule has 0 aliphatic heterocycles. The molecule has 0 saturated heterocycles. The third-order valence-electron chi connectivity index (χ3n) is 3.53. The zero-order valence-corrected chi connectivity index (χ0v) is 15.1. The number of pyridine rings is 1. The Labute approximate surface area is 152 Å². The molecule has 0 bridgehead atoms. The normalized spacial score (nSPS) is 11.3. The lowest BCUT2D eigenvalue weighted by Gasteiger charge is -2.12. The molecule has 2 rings (SSSR count). The lowest BCUT2D eigenvalue weighted by molar-refractivity contribution is 0.304. The van der Waals surface area contributed by atoms with Crippen LogP contribution in [0.4, 0.5) is 8.78 Å². The second-order valence-corrected chi connectivity index (χ2v) is 5.67. The minimum absolute atomic E-state index is 0.0296. The van der Waals surface area contributed by atoms with Crippen molar-refractivity contribution in [2.45, 2.75) is 20.3 Å². The Kier molecular flexibility index (Phi) is 7.79. The maximum absolute atomic E-state index is 13.5. The largest absolute Gasteiger partial charge is 0.489 e.